The molecule has 0 atom stereocenters. The van der Waals surface area contributed by atoms with E-state index in [1.54, 1.807) is 6.20 Å². The summed E-state index contributed by atoms with van der Waals surface area (Å²) in [6.07, 6.45) is -2.42. The molecule has 0 radical (unpaired) electrons. The third-order valence-electron chi connectivity index (χ3n) is 4.31. The standard InChI is InChI=1S/C18H22F3N5OS/c1-13(27)24-17-23-11-16(28-17)10-22-14-2-4-15(5-3-14)26-8-6-25(7-9-26)12-18(19,20)21/h2-5,11,22H,6-10,12H2,1H3,(H,23,24,27). The van der Waals surface area contributed by atoms with Crippen molar-refractivity contribution in [2.75, 3.05) is 48.3 Å². The quantitative estimate of drug-likeness (QED) is 0.760. The molecule has 1 aromatic heterocycles. The van der Waals surface area contributed by atoms with Crippen LogP contribution in [0.15, 0.2) is 30.5 Å². The second kappa shape index (κ2) is 8.78. The number of carbonyl (C=O) groups is 1. The number of piperazine rings is 1. The first-order chi connectivity index (χ1) is 13.3. The van der Waals surface area contributed by atoms with Gasteiger partial charge in [0, 0.05) is 55.6 Å². The number of amides is 1. The van der Waals surface area contributed by atoms with Crippen LogP contribution < -0.4 is 15.5 Å². The Labute approximate surface area is 165 Å². The van der Waals surface area contributed by atoms with Crippen LogP contribution in [0.4, 0.5) is 29.7 Å². The number of nitrogens with one attached hydrogen (secondary N) is 2. The van der Waals surface area contributed by atoms with Crippen molar-refractivity contribution < 1.29 is 18.0 Å². The summed E-state index contributed by atoms with van der Waals surface area (Å²) in [6, 6.07) is 7.84. The van der Waals surface area contributed by atoms with Crippen LogP contribution in [0, 0.1) is 0 Å². The molecule has 10 heteroatoms. The van der Waals surface area contributed by atoms with E-state index >= 15 is 0 Å². The van der Waals surface area contributed by atoms with E-state index in [4.69, 9.17) is 0 Å². The molecule has 1 aliphatic rings. The largest absolute Gasteiger partial charge is 0.401 e. The topological polar surface area (TPSA) is 60.5 Å². The second-order valence-corrected chi connectivity index (χ2v) is 7.71. The summed E-state index contributed by atoms with van der Waals surface area (Å²) in [5.41, 5.74) is 1.94. The monoisotopic (exact) mass is 413 g/mol. The van der Waals surface area contributed by atoms with Gasteiger partial charge in [-0.3, -0.25) is 9.69 Å². The average molecular weight is 413 g/mol. The van der Waals surface area contributed by atoms with Crippen LogP contribution in [-0.2, 0) is 11.3 Å². The van der Waals surface area contributed by atoms with Crippen molar-refractivity contribution in [2.24, 2.45) is 0 Å². The maximum absolute atomic E-state index is 12.5. The Balaban J connectivity index is 1.47. The lowest BCUT2D eigenvalue weighted by Gasteiger charge is -2.36. The van der Waals surface area contributed by atoms with Crippen molar-refractivity contribution in [3.8, 4) is 0 Å². The van der Waals surface area contributed by atoms with Crippen molar-refractivity contribution in [3.63, 3.8) is 0 Å². The van der Waals surface area contributed by atoms with Crippen LogP contribution in [0.1, 0.15) is 11.8 Å². The predicted octanol–water partition coefficient (Wildman–Crippen LogP) is 3.40. The molecule has 0 saturated carbocycles. The van der Waals surface area contributed by atoms with Gasteiger partial charge in [-0.2, -0.15) is 13.2 Å². The zero-order valence-corrected chi connectivity index (χ0v) is 16.2. The lowest BCUT2D eigenvalue weighted by Crippen LogP contribution is -2.49. The average Bonchev–Trinajstić information content (AvgIpc) is 3.06. The number of rotatable bonds is 6. The summed E-state index contributed by atoms with van der Waals surface area (Å²) in [6.45, 7) is 3.16. The zero-order valence-electron chi connectivity index (χ0n) is 15.4. The molecule has 1 fully saturated rings. The van der Waals surface area contributed by atoms with E-state index < -0.39 is 12.7 Å². The minimum Gasteiger partial charge on any atom is -0.380 e. The number of carbonyl (C=O) groups excluding carboxylic acids is 1. The van der Waals surface area contributed by atoms with E-state index in [1.165, 1.54) is 23.2 Å². The lowest BCUT2D eigenvalue weighted by atomic mass is 10.2. The molecule has 1 amide bonds. The minimum atomic E-state index is -4.14. The molecule has 0 aliphatic carbocycles. The summed E-state index contributed by atoms with van der Waals surface area (Å²) in [5.74, 6) is -0.149. The number of nitrogens with zero attached hydrogens (tertiary/aromatic N) is 3. The van der Waals surface area contributed by atoms with Gasteiger partial charge < -0.3 is 15.5 Å². The van der Waals surface area contributed by atoms with Gasteiger partial charge in [0.1, 0.15) is 0 Å². The van der Waals surface area contributed by atoms with E-state index in [1.807, 2.05) is 24.3 Å². The first kappa shape index (κ1) is 20.4. The third-order valence-corrected chi connectivity index (χ3v) is 5.22. The molecule has 0 bridgehead atoms. The van der Waals surface area contributed by atoms with Gasteiger partial charge in [0.25, 0.3) is 0 Å². The maximum Gasteiger partial charge on any atom is 0.401 e. The van der Waals surface area contributed by atoms with Gasteiger partial charge in [0.15, 0.2) is 5.13 Å². The van der Waals surface area contributed by atoms with Gasteiger partial charge in [0.05, 0.1) is 13.1 Å². The summed E-state index contributed by atoms with van der Waals surface area (Å²) in [4.78, 5) is 19.7. The number of benzene rings is 1. The van der Waals surface area contributed by atoms with Crippen LogP contribution in [0.25, 0.3) is 0 Å². The van der Waals surface area contributed by atoms with Crippen molar-refractivity contribution in [1.82, 2.24) is 9.88 Å². The Kier molecular flexibility index (Phi) is 6.40. The fourth-order valence-corrected chi connectivity index (χ4v) is 3.79. The van der Waals surface area contributed by atoms with E-state index in [0.717, 1.165) is 16.3 Å². The number of thiazole rings is 1. The van der Waals surface area contributed by atoms with Gasteiger partial charge in [0.2, 0.25) is 5.91 Å². The van der Waals surface area contributed by atoms with Crippen molar-refractivity contribution in [2.45, 2.75) is 19.6 Å². The Morgan fingerprint density at radius 1 is 1.18 bits per heavy atom. The molecule has 3 rings (SSSR count). The molecule has 1 aromatic carbocycles. The summed E-state index contributed by atoms with van der Waals surface area (Å²) in [5, 5.41) is 6.52. The molecule has 2 heterocycles. The molecule has 28 heavy (non-hydrogen) atoms. The van der Waals surface area contributed by atoms with Crippen molar-refractivity contribution in [1.29, 1.82) is 0 Å². The summed E-state index contributed by atoms with van der Waals surface area (Å²) in [7, 11) is 0. The number of hydrogen-bond acceptors (Lipinski definition) is 6. The van der Waals surface area contributed by atoms with Crippen LogP contribution in [0.2, 0.25) is 0 Å². The van der Waals surface area contributed by atoms with Gasteiger partial charge in [-0.15, -0.1) is 0 Å². The van der Waals surface area contributed by atoms with E-state index in [9.17, 15) is 18.0 Å². The normalized spacial score (nSPS) is 15.5. The molecule has 2 N–H and O–H groups in total. The maximum atomic E-state index is 12.5. The molecule has 2 aromatic rings. The number of aromatic nitrogens is 1. The van der Waals surface area contributed by atoms with Gasteiger partial charge >= 0.3 is 6.18 Å². The first-order valence-electron chi connectivity index (χ1n) is 8.89. The highest BCUT2D eigenvalue weighted by Crippen LogP contribution is 2.23. The smallest absolute Gasteiger partial charge is 0.380 e. The Morgan fingerprint density at radius 3 is 2.46 bits per heavy atom. The van der Waals surface area contributed by atoms with Gasteiger partial charge in [-0.25, -0.2) is 4.98 Å². The number of anilines is 3. The van der Waals surface area contributed by atoms with E-state index in [2.05, 4.69) is 20.5 Å². The van der Waals surface area contributed by atoms with E-state index in [-0.39, 0.29) is 5.91 Å². The SMILES string of the molecule is CC(=O)Nc1ncc(CNc2ccc(N3CCN(CC(F)(F)F)CC3)cc2)s1. The molecular weight excluding hydrogens is 391 g/mol. The van der Waals surface area contributed by atoms with E-state index in [0.29, 0.717) is 37.9 Å². The third kappa shape index (κ3) is 6.10. The highest BCUT2D eigenvalue weighted by molar-refractivity contribution is 7.15. The molecule has 152 valence electrons. The fourth-order valence-electron chi connectivity index (χ4n) is 2.99. The molecule has 0 unspecified atom stereocenters. The molecular formula is C18H22F3N5OS. The predicted molar refractivity (Wildman–Crippen MR) is 105 cm³/mol. The first-order valence-corrected chi connectivity index (χ1v) is 9.70. The number of hydrogen-bond donors (Lipinski definition) is 2. The fraction of sp³-hybridized carbons (Fsp3) is 0.444. The number of alkyl halides is 3. The zero-order chi connectivity index (χ0) is 20.1. The highest BCUT2D eigenvalue weighted by Gasteiger charge is 2.32. The van der Waals surface area contributed by atoms with Gasteiger partial charge in [-0.05, 0) is 24.3 Å². The highest BCUT2D eigenvalue weighted by atomic mass is 32.1. The summed E-state index contributed by atoms with van der Waals surface area (Å²) < 4.78 is 37.4. The Morgan fingerprint density at radius 2 is 1.86 bits per heavy atom. The molecule has 1 saturated heterocycles. The van der Waals surface area contributed by atoms with Crippen LogP contribution in [-0.4, -0.2) is 54.7 Å². The van der Waals surface area contributed by atoms with Gasteiger partial charge in [-0.1, -0.05) is 11.3 Å². The molecule has 1 aliphatic heterocycles. The second-order valence-electron chi connectivity index (χ2n) is 6.59. The molecule has 6 nitrogen and oxygen atoms in total. The summed E-state index contributed by atoms with van der Waals surface area (Å²) >= 11 is 1.41. The van der Waals surface area contributed by atoms with Crippen LogP contribution in [0.5, 0.6) is 0 Å². The lowest BCUT2D eigenvalue weighted by molar-refractivity contribution is -0.146. The minimum absolute atomic E-state index is 0.149. The Hall–Kier alpha value is -2.33. The number of halogens is 3. The van der Waals surface area contributed by atoms with Crippen LogP contribution in [0.3, 0.4) is 0 Å². The van der Waals surface area contributed by atoms with Crippen molar-refractivity contribution in [3.05, 3.63) is 35.3 Å². The molecule has 0 spiro atoms. The van der Waals surface area contributed by atoms with Crippen LogP contribution >= 0.6 is 11.3 Å². The Bertz CT molecular complexity index is 785. The van der Waals surface area contributed by atoms with Crippen molar-refractivity contribution >= 4 is 33.8 Å².